The Kier molecular flexibility index (Phi) is 6.78. The zero-order valence-electron chi connectivity index (χ0n) is 12.0. The first-order valence-corrected chi connectivity index (χ1v) is 6.76. The SMILES string of the molecule is C=CCNC(=NCCc1ccc(C(F)(F)F)cc1)NCC. The molecule has 116 valence electrons. The molecule has 0 aromatic heterocycles. The van der Waals surface area contributed by atoms with Crippen LogP contribution in [0.2, 0.25) is 0 Å². The number of aliphatic imine (C=N–C) groups is 1. The van der Waals surface area contributed by atoms with Gasteiger partial charge >= 0.3 is 6.18 Å². The van der Waals surface area contributed by atoms with Crippen molar-refractivity contribution >= 4 is 5.96 Å². The van der Waals surface area contributed by atoms with E-state index in [2.05, 4.69) is 22.2 Å². The lowest BCUT2D eigenvalue weighted by molar-refractivity contribution is -0.137. The maximum Gasteiger partial charge on any atom is 0.416 e. The van der Waals surface area contributed by atoms with E-state index in [0.717, 1.165) is 24.2 Å². The van der Waals surface area contributed by atoms with Crippen molar-refractivity contribution in [3.05, 3.63) is 48.0 Å². The average Bonchev–Trinajstić information content (AvgIpc) is 2.44. The minimum atomic E-state index is -4.29. The van der Waals surface area contributed by atoms with Gasteiger partial charge < -0.3 is 10.6 Å². The van der Waals surface area contributed by atoms with Gasteiger partial charge in [0.15, 0.2) is 5.96 Å². The summed E-state index contributed by atoms with van der Waals surface area (Å²) in [5.41, 5.74) is 0.196. The summed E-state index contributed by atoms with van der Waals surface area (Å²) in [6.07, 6.45) is -1.98. The summed E-state index contributed by atoms with van der Waals surface area (Å²) in [5.74, 6) is 0.671. The van der Waals surface area contributed by atoms with Gasteiger partial charge in [-0.1, -0.05) is 18.2 Å². The number of hydrogen-bond donors (Lipinski definition) is 2. The van der Waals surface area contributed by atoms with Gasteiger partial charge in [0.25, 0.3) is 0 Å². The van der Waals surface area contributed by atoms with Crippen molar-refractivity contribution in [1.29, 1.82) is 0 Å². The van der Waals surface area contributed by atoms with Crippen LogP contribution in [0.25, 0.3) is 0 Å². The Morgan fingerprint density at radius 3 is 2.43 bits per heavy atom. The minimum absolute atomic E-state index is 0.498. The molecule has 0 unspecified atom stereocenters. The van der Waals surface area contributed by atoms with Crippen molar-refractivity contribution in [2.75, 3.05) is 19.6 Å². The molecule has 0 aliphatic rings. The van der Waals surface area contributed by atoms with Crippen molar-refractivity contribution < 1.29 is 13.2 Å². The molecule has 3 nitrogen and oxygen atoms in total. The molecule has 1 rings (SSSR count). The van der Waals surface area contributed by atoms with Gasteiger partial charge in [0, 0.05) is 19.6 Å². The van der Waals surface area contributed by atoms with Crippen LogP contribution in [0, 0.1) is 0 Å². The second kappa shape index (κ2) is 8.34. The number of nitrogens with one attached hydrogen (secondary N) is 2. The predicted octanol–water partition coefficient (Wildman–Crippen LogP) is 2.99. The van der Waals surface area contributed by atoms with E-state index in [1.54, 1.807) is 6.08 Å². The standard InChI is InChI=1S/C15H20F3N3/c1-3-10-20-14(19-4-2)21-11-9-12-5-7-13(8-6-12)15(16,17)18/h3,5-8H,1,4,9-11H2,2H3,(H2,19,20,21). The van der Waals surface area contributed by atoms with E-state index in [-0.39, 0.29) is 0 Å². The van der Waals surface area contributed by atoms with Crippen LogP contribution in [0.4, 0.5) is 13.2 Å². The molecule has 2 N–H and O–H groups in total. The largest absolute Gasteiger partial charge is 0.416 e. The lowest BCUT2D eigenvalue weighted by atomic mass is 10.1. The smallest absolute Gasteiger partial charge is 0.357 e. The highest BCUT2D eigenvalue weighted by atomic mass is 19.4. The average molecular weight is 299 g/mol. The Bertz CT molecular complexity index is 464. The highest BCUT2D eigenvalue weighted by Crippen LogP contribution is 2.29. The number of halogens is 3. The number of hydrogen-bond acceptors (Lipinski definition) is 1. The van der Waals surface area contributed by atoms with Crippen molar-refractivity contribution in [2.45, 2.75) is 19.5 Å². The highest BCUT2D eigenvalue weighted by molar-refractivity contribution is 5.79. The first-order valence-electron chi connectivity index (χ1n) is 6.76. The molecular formula is C15H20F3N3. The predicted molar refractivity (Wildman–Crippen MR) is 79.3 cm³/mol. The fourth-order valence-electron chi connectivity index (χ4n) is 1.67. The van der Waals surface area contributed by atoms with Crippen LogP contribution in [0.5, 0.6) is 0 Å². The molecule has 0 fully saturated rings. The second-order valence-electron chi connectivity index (χ2n) is 4.37. The molecular weight excluding hydrogens is 279 g/mol. The summed E-state index contributed by atoms with van der Waals surface area (Å²) in [4.78, 5) is 4.34. The van der Waals surface area contributed by atoms with E-state index in [9.17, 15) is 13.2 Å². The van der Waals surface area contributed by atoms with Crippen LogP contribution in [0.1, 0.15) is 18.1 Å². The van der Waals surface area contributed by atoms with E-state index in [1.807, 2.05) is 6.92 Å². The van der Waals surface area contributed by atoms with Crippen LogP contribution in [0.3, 0.4) is 0 Å². The van der Waals surface area contributed by atoms with Gasteiger partial charge in [-0.3, -0.25) is 4.99 Å². The molecule has 0 atom stereocenters. The van der Waals surface area contributed by atoms with E-state index in [1.165, 1.54) is 12.1 Å². The zero-order valence-corrected chi connectivity index (χ0v) is 12.0. The summed E-state index contributed by atoms with van der Waals surface area (Å²) < 4.78 is 37.3. The van der Waals surface area contributed by atoms with Crippen LogP contribution >= 0.6 is 0 Å². The summed E-state index contributed by atoms with van der Waals surface area (Å²) in [6, 6.07) is 5.17. The molecule has 0 heterocycles. The molecule has 1 aromatic carbocycles. The third-order valence-electron chi connectivity index (χ3n) is 2.71. The summed E-state index contributed by atoms with van der Waals surface area (Å²) in [7, 11) is 0. The van der Waals surface area contributed by atoms with Crippen molar-refractivity contribution in [3.8, 4) is 0 Å². The Balaban J connectivity index is 2.55. The lowest BCUT2D eigenvalue weighted by Crippen LogP contribution is -2.37. The fourth-order valence-corrected chi connectivity index (χ4v) is 1.67. The summed E-state index contributed by atoms with van der Waals surface area (Å²) in [6.45, 7) is 7.41. The zero-order chi connectivity index (χ0) is 15.7. The van der Waals surface area contributed by atoms with Crippen LogP contribution in [-0.2, 0) is 12.6 Å². The Morgan fingerprint density at radius 1 is 1.24 bits per heavy atom. The van der Waals surface area contributed by atoms with E-state index < -0.39 is 11.7 Å². The molecule has 0 saturated heterocycles. The molecule has 0 radical (unpaired) electrons. The van der Waals surface area contributed by atoms with Gasteiger partial charge in [-0.2, -0.15) is 13.2 Å². The Labute approximate surface area is 123 Å². The lowest BCUT2D eigenvalue weighted by Gasteiger charge is -2.09. The number of benzene rings is 1. The van der Waals surface area contributed by atoms with Gasteiger partial charge in [0.2, 0.25) is 0 Å². The quantitative estimate of drug-likeness (QED) is 0.481. The maximum atomic E-state index is 12.4. The number of alkyl halides is 3. The number of guanidine groups is 1. The molecule has 0 spiro atoms. The molecule has 0 amide bonds. The van der Waals surface area contributed by atoms with Crippen molar-refractivity contribution in [2.24, 2.45) is 4.99 Å². The first-order chi connectivity index (χ1) is 9.97. The Hall–Kier alpha value is -1.98. The monoisotopic (exact) mass is 299 g/mol. The first kappa shape index (κ1) is 17.1. The summed E-state index contributed by atoms with van der Waals surface area (Å²) in [5, 5.41) is 6.13. The van der Waals surface area contributed by atoms with Crippen LogP contribution in [0.15, 0.2) is 41.9 Å². The molecule has 6 heteroatoms. The van der Waals surface area contributed by atoms with Gasteiger partial charge in [-0.05, 0) is 31.0 Å². The minimum Gasteiger partial charge on any atom is -0.357 e. The van der Waals surface area contributed by atoms with Gasteiger partial charge in [0.1, 0.15) is 0 Å². The molecule has 1 aromatic rings. The molecule has 0 aliphatic heterocycles. The third-order valence-corrected chi connectivity index (χ3v) is 2.71. The topological polar surface area (TPSA) is 36.4 Å². The fraction of sp³-hybridized carbons (Fsp3) is 0.400. The summed E-state index contributed by atoms with van der Waals surface area (Å²) >= 11 is 0. The van der Waals surface area contributed by atoms with E-state index >= 15 is 0 Å². The van der Waals surface area contributed by atoms with E-state index in [4.69, 9.17) is 0 Å². The van der Waals surface area contributed by atoms with Crippen LogP contribution in [-0.4, -0.2) is 25.6 Å². The van der Waals surface area contributed by atoms with Gasteiger partial charge in [0.05, 0.1) is 5.56 Å². The molecule has 0 bridgehead atoms. The van der Waals surface area contributed by atoms with Crippen molar-refractivity contribution in [3.63, 3.8) is 0 Å². The normalized spacial score (nSPS) is 12.1. The third kappa shape index (κ3) is 6.33. The van der Waals surface area contributed by atoms with Crippen LogP contribution < -0.4 is 10.6 Å². The maximum absolute atomic E-state index is 12.4. The molecule has 0 aliphatic carbocycles. The van der Waals surface area contributed by atoms with Gasteiger partial charge in [-0.25, -0.2) is 0 Å². The highest BCUT2D eigenvalue weighted by Gasteiger charge is 2.29. The number of rotatable bonds is 6. The molecule has 21 heavy (non-hydrogen) atoms. The molecule has 0 saturated carbocycles. The van der Waals surface area contributed by atoms with Gasteiger partial charge in [-0.15, -0.1) is 6.58 Å². The van der Waals surface area contributed by atoms with E-state index in [0.29, 0.717) is 25.5 Å². The Morgan fingerprint density at radius 2 is 1.90 bits per heavy atom. The van der Waals surface area contributed by atoms with Crippen molar-refractivity contribution in [1.82, 2.24) is 10.6 Å². The second-order valence-corrected chi connectivity index (χ2v) is 4.37. The number of nitrogens with zero attached hydrogens (tertiary/aromatic N) is 1.